The molecule has 3 aromatic rings. The van der Waals surface area contributed by atoms with Crippen LogP contribution in [0.2, 0.25) is 0 Å². The fourth-order valence-electron chi connectivity index (χ4n) is 6.17. The molecule has 2 aromatic carbocycles. The number of imide groups is 1. The van der Waals surface area contributed by atoms with Crippen molar-refractivity contribution in [3.8, 4) is 5.75 Å². The van der Waals surface area contributed by atoms with Crippen molar-refractivity contribution in [1.82, 2.24) is 25.8 Å². The molecule has 2 heterocycles. The summed E-state index contributed by atoms with van der Waals surface area (Å²) in [6, 6.07) is 9.11. The van der Waals surface area contributed by atoms with Crippen LogP contribution in [0.1, 0.15) is 78.0 Å². The Kier molecular flexibility index (Phi) is 14.2. The van der Waals surface area contributed by atoms with Gasteiger partial charge in [-0.25, -0.2) is 14.1 Å². The number of nitrogens with zero attached hydrogens (tertiary/aromatic N) is 2. The Hall–Kier alpha value is -5.83. The maximum atomic E-state index is 14.5. The molecule has 1 atom stereocenters. The van der Waals surface area contributed by atoms with Crippen LogP contribution in [0.3, 0.4) is 0 Å². The number of hydrogen-bond acceptors (Lipinski definition) is 8. The maximum absolute atomic E-state index is 14.5. The lowest BCUT2D eigenvalue weighted by molar-refractivity contribution is -0.142. The summed E-state index contributed by atoms with van der Waals surface area (Å²) >= 11 is 0. The summed E-state index contributed by atoms with van der Waals surface area (Å²) in [6.45, 7) is 10.6. The molecule has 54 heavy (non-hydrogen) atoms. The zero-order valence-corrected chi connectivity index (χ0v) is 31.1. The molecule has 0 radical (unpaired) electrons. The van der Waals surface area contributed by atoms with Crippen LogP contribution in [-0.2, 0) is 30.5 Å². The van der Waals surface area contributed by atoms with Gasteiger partial charge in [-0.1, -0.05) is 26.0 Å². The number of carboxylic acid groups (broad SMARTS) is 1. The largest absolute Gasteiger partial charge is 0.497 e. The molecule has 1 aliphatic rings. The van der Waals surface area contributed by atoms with E-state index in [0.717, 1.165) is 35.7 Å². The number of carboxylic acids is 1. The number of ether oxygens (including phenoxy) is 1. The summed E-state index contributed by atoms with van der Waals surface area (Å²) < 4.78 is 19.6. The average Bonchev–Trinajstić information content (AvgIpc) is 3.59. The third-order valence-electron chi connectivity index (χ3n) is 9.28. The Labute approximate surface area is 313 Å². The third kappa shape index (κ3) is 10.2. The van der Waals surface area contributed by atoms with Gasteiger partial charge < -0.3 is 35.7 Å². The topological polar surface area (TPSA) is 190 Å². The van der Waals surface area contributed by atoms with Gasteiger partial charge in [0.05, 0.1) is 23.9 Å². The van der Waals surface area contributed by atoms with Gasteiger partial charge in [0.1, 0.15) is 17.6 Å². The number of nitrogens with one attached hydrogen (secondary N) is 4. The number of aliphatic carboxylic acids is 1. The number of carbonyl (C=O) groups excluding carboxylic acids is 5. The summed E-state index contributed by atoms with van der Waals surface area (Å²) in [6.07, 6.45) is 0.177. The number of H-pyrrole nitrogens is 1. The number of aryl methyl sites for hydroxylation is 1. The zero-order chi connectivity index (χ0) is 39.5. The van der Waals surface area contributed by atoms with Gasteiger partial charge in [0, 0.05) is 55.8 Å². The number of anilines is 1. The number of amides is 5. The molecule has 1 aliphatic heterocycles. The first-order chi connectivity index (χ1) is 25.8. The number of methoxy groups -OCH3 is 1. The minimum Gasteiger partial charge on any atom is -0.497 e. The van der Waals surface area contributed by atoms with Crippen molar-refractivity contribution in [3.05, 3.63) is 81.9 Å². The van der Waals surface area contributed by atoms with E-state index in [9.17, 15) is 38.3 Å². The van der Waals surface area contributed by atoms with Crippen LogP contribution in [0.4, 0.5) is 10.1 Å². The van der Waals surface area contributed by atoms with Crippen LogP contribution in [0.25, 0.3) is 11.6 Å². The summed E-state index contributed by atoms with van der Waals surface area (Å²) in [5, 5.41) is 17.7. The highest BCUT2D eigenvalue weighted by Crippen LogP contribution is 2.39. The minimum atomic E-state index is -1.48. The van der Waals surface area contributed by atoms with Crippen molar-refractivity contribution in [2.45, 2.75) is 66.0 Å². The van der Waals surface area contributed by atoms with Gasteiger partial charge in [-0.2, -0.15) is 0 Å². The Morgan fingerprint density at radius 1 is 0.981 bits per heavy atom. The molecule has 15 heteroatoms. The highest BCUT2D eigenvalue weighted by atomic mass is 19.1. The number of aromatic amines is 1. The summed E-state index contributed by atoms with van der Waals surface area (Å²) in [5.74, 6) is -4.29. The van der Waals surface area contributed by atoms with Gasteiger partial charge in [0.2, 0.25) is 17.7 Å². The van der Waals surface area contributed by atoms with Gasteiger partial charge in [-0.05, 0) is 80.9 Å². The van der Waals surface area contributed by atoms with Crippen LogP contribution in [0.5, 0.6) is 5.75 Å². The second-order valence-electron chi connectivity index (χ2n) is 12.8. The molecule has 288 valence electrons. The molecule has 0 spiro atoms. The van der Waals surface area contributed by atoms with E-state index in [-0.39, 0.29) is 48.5 Å². The lowest BCUT2D eigenvalue weighted by atomic mass is 10.0. The van der Waals surface area contributed by atoms with Crippen molar-refractivity contribution < 1.29 is 43.0 Å². The molecule has 1 aromatic heterocycles. The second kappa shape index (κ2) is 18.8. The van der Waals surface area contributed by atoms with Gasteiger partial charge >= 0.3 is 5.97 Å². The first kappa shape index (κ1) is 40.9. The van der Waals surface area contributed by atoms with Crippen LogP contribution in [0.15, 0.2) is 42.5 Å². The van der Waals surface area contributed by atoms with Crippen LogP contribution in [0, 0.1) is 19.7 Å². The molecule has 5 N–H and O–H groups in total. The highest BCUT2D eigenvalue weighted by Gasteiger charge is 2.38. The Morgan fingerprint density at radius 2 is 1.67 bits per heavy atom. The quantitative estimate of drug-likeness (QED) is 0.121. The monoisotopic (exact) mass is 746 g/mol. The standard InChI is InChI=1S/C39H47FN6O8/c1-6-45(7-2)19-18-41-37(50)36-23(3)31(43-24(36)4)21-29-28-20-26(40)10-14-32(28)46(38(29)51)35(49)17-13-30(39(52)53)44-34(48)16-15-33(47)42-22-25-8-11-27(54-5)12-9-25/h8-12,14,20-21,30,43H,6-7,13,15-19,22H2,1-5H3,(H,41,50)(H,42,47)(H,44,48)(H,52,53)/b29-21-. The molecule has 0 saturated heterocycles. The number of halogens is 1. The predicted octanol–water partition coefficient (Wildman–Crippen LogP) is 3.71. The van der Waals surface area contributed by atoms with Crippen molar-refractivity contribution in [1.29, 1.82) is 0 Å². The Morgan fingerprint density at radius 3 is 2.31 bits per heavy atom. The van der Waals surface area contributed by atoms with E-state index in [2.05, 4.69) is 25.8 Å². The second-order valence-corrected chi connectivity index (χ2v) is 12.8. The number of carbonyl (C=O) groups is 6. The summed E-state index contributed by atoms with van der Waals surface area (Å²) in [7, 11) is 1.54. The molecule has 0 fully saturated rings. The van der Waals surface area contributed by atoms with Crippen molar-refractivity contribution in [3.63, 3.8) is 0 Å². The van der Waals surface area contributed by atoms with E-state index >= 15 is 0 Å². The lowest BCUT2D eigenvalue weighted by Crippen LogP contribution is -2.42. The van der Waals surface area contributed by atoms with E-state index in [1.165, 1.54) is 12.1 Å². The van der Waals surface area contributed by atoms with Crippen molar-refractivity contribution >= 4 is 52.8 Å². The molecule has 5 amide bonds. The molecule has 4 rings (SSSR count). The normalized spacial score (nSPS) is 13.5. The SMILES string of the molecule is CCN(CC)CCNC(=O)c1c(C)[nH]c(/C=C2\C(=O)N(C(=O)CCC(NC(=O)CCC(=O)NCc3ccc(OC)cc3)C(=O)O)c3ccc(F)cc32)c1C. The zero-order valence-electron chi connectivity index (χ0n) is 31.1. The number of likely N-dealkylation sites (N-methyl/N-ethyl adjacent to an activating group) is 1. The smallest absolute Gasteiger partial charge is 0.326 e. The minimum absolute atomic E-state index is 0.00375. The molecule has 0 saturated carbocycles. The van der Waals surface area contributed by atoms with E-state index in [1.54, 1.807) is 45.2 Å². The van der Waals surface area contributed by atoms with Gasteiger partial charge in [-0.3, -0.25) is 24.0 Å². The van der Waals surface area contributed by atoms with Crippen molar-refractivity contribution in [2.24, 2.45) is 0 Å². The number of rotatable bonds is 18. The number of hydrogen-bond donors (Lipinski definition) is 5. The van der Waals surface area contributed by atoms with E-state index < -0.39 is 47.9 Å². The van der Waals surface area contributed by atoms with Crippen LogP contribution < -0.4 is 25.6 Å². The molecular weight excluding hydrogens is 699 g/mol. The van der Waals surface area contributed by atoms with Crippen molar-refractivity contribution in [2.75, 3.05) is 38.2 Å². The molecule has 14 nitrogen and oxygen atoms in total. The first-order valence-corrected chi connectivity index (χ1v) is 17.8. The lowest BCUT2D eigenvalue weighted by Gasteiger charge is -2.18. The predicted molar refractivity (Wildman–Crippen MR) is 200 cm³/mol. The van der Waals surface area contributed by atoms with Gasteiger partial charge in [0.25, 0.3) is 11.8 Å². The fourth-order valence-corrected chi connectivity index (χ4v) is 6.17. The van der Waals surface area contributed by atoms with Gasteiger partial charge in [-0.15, -0.1) is 0 Å². The molecular formula is C39H47FN6O8. The molecule has 1 unspecified atom stereocenters. The highest BCUT2D eigenvalue weighted by molar-refractivity contribution is 6.42. The van der Waals surface area contributed by atoms with E-state index in [1.807, 2.05) is 13.8 Å². The average molecular weight is 747 g/mol. The number of aromatic nitrogens is 1. The Balaban J connectivity index is 1.40. The fraction of sp³-hybridized carbons (Fsp3) is 0.385. The summed E-state index contributed by atoms with van der Waals surface area (Å²) in [5.41, 5.74) is 3.06. The number of benzene rings is 2. The number of fused-ring (bicyclic) bond motifs is 1. The van der Waals surface area contributed by atoms with Crippen LogP contribution in [-0.4, -0.2) is 89.8 Å². The van der Waals surface area contributed by atoms with E-state index in [4.69, 9.17) is 4.74 Å². The maximum Gasteiger partial charge on any atom is 0.326 e. The van der Waals surface area contributed by atoms with Crippen LogP contribution >= 0.6 is 0 Å². The van der Waals surface area contributed by atoms with E-state index in [0.29, 0.717) is 41.4 Å². The third-order valence-corrected chi connectivity index (χ3v) is 9.28. The Bertz CT molecular complexity index is 1920. The summed E-state index contributed by atoms with van der Waals surface area (Å²) in [4.78, 5) is 83.5. The molecule has 0 bridgehead atoms. The van der Waals surface area contributed by atoms with Gasteiger partial charge in [0.15, 0.2) is 0 Å². The molecule has 0 aliphatic carbocycles. The first-order valence-electron chi connectivity index (χ1n) is 17.8.